The van der Waals surface area contributed by atoms with Crippen molar-refractivity contribution in [1.29, 1.82) is 0 Å². The van der Waals surface area contributed by atoms with Gasteiger partial charge in [0.2, 0.25) is 0 Å². The van der Waals surface area contributed by atoms with Gasteiger partial charge in [-0.3, -0.25) is 0 Å². The molecule has 0 unspecified atom stereocenters. The molecule has 3 nitrogen and oxygen atoms in total. The van der Waals surface area contributed by atoms with Gasteiger partial charge in [-0.05, 0) is 19.1 Å². The second-order valence-electron chi connectivity index (χ2n) is 2.01. The van der Waals surface area contributed by atoms with Gasteiger partial charge in [-0.25, -0.2) is 0 Å². The summed E-state index contributed by atoms with van der Waals surface area (Å²) >= 11 is 0. The summed E-state index contributed by atoms with van der Waals surface area (Å²) in [6.07, 6.45) is 1.93. The summed E-state index contributed by atoms with van der Waals surface area (Å²) in [5.74, 6) is 1.69. The van der Waals surface area contributed by atoms with Gasteiger partial charge in [0.05, 0.1) is 6.21 Å². The molecule has 0 aliphatic rings. The van der Waals surface area contributed by atoms with Crippen LogP contribution in [0, 0.1) is 6.92 Å². The Balaban J connectivity index is 2.58. The molecular weight excluding hydrogens is 130 g/mol. The van der Waals surface area contributed by atoms with E-state index < -0.39 is 0 Å². The lowest BCUT2D eigenvalue weighted by Gasteiger charge is -1.84. The van der Waals surface area contributed by atoms with Crippen LogP contribution in [-0.4, -0.2) is 11.4 Å². The van der Waals surface area contributed by atoms with E-state index in [0.717, 1.165) is 11.5 Å². The van der Waals surface area contributed by atoms with Gasteiger partial charge in [-0.1, -0.05) is 0 Å². The van der Waals surface area contributed by atoms with Gasteiger partial charge in [0, 0.05) is 6.42 Å². The highest BCUT2D eigenvalue weighted by atomic mass is 16.4. The molecule has 0 radical (unpaired) electrons. The predicted octanol–water partition coefficient (Wildman–Crippen LogP) is 1.59. The summed E-state index contributed by atoms with van der Waals surface area (Å²) in [4.78, 5) is 0. The van der Waals surface area contributed by atoms with Gasteiger partial charge in [0.25, 0.3) is 0 Å². The summed E-state index contributed by atoms with van der Waals surface area (Å²) in [5, 5.41) is 10.9. The highest BCUT2D eigenvalue weighted by Gasteiger charge is 1.94. The SMILES string of the molecule is Cc1ccc(CC=NO)o1. The van der Waals surface area contributed by atoms with Crippen molar-refractivity contribution in [2.45, 2.75) is 13.3 Å². The third-order valence-electron chi connectivity index (χ3n) is 1.17. The van der Waals surface area contributed by atoms with Gasteiger partial charge in [0.15, 0.2) is 0 Å². The molecule has 1 aromatic rings. The highest BCUT2D eigenvalue weighted by molar-refractivity contribution is 5.59. The number of rotatable bonds is 2. The summed E-state index contributed by atoms with van der Waals surface area (Å²) in [5.41, 5.74) is 0. The van der Waals surface area contributed by atoms with E-state index in [1.165, 1.54) is 6.21 Å². The van der Waals surface area contributed by atoms with E-state index in [1.54, 1.807) is 0 Å². The van der Waals surface area contributed by atoms with Crippen LogP contribution in [0.2, 0.25) is 0 Å². The number of furan rings is 1. The van der Waals surface area contributed by atoms with Crippen molar-refractivity contribution < 1.29 is 9.62 Å². The third kappa shape index (κ3) is 1.62. The number of aryl methyl sites for hydroxylation is 1. The molecule has 0 atom stereocenters. The molecule has 0 aliphatic carbocycles. The maximum Gasteiger partial charge on any atom is 0.109 e. The van der Waals surface area contributed by atoms with Crippen LogP contribution in [0.25, 0.3) is 0 Å². The van der Waals surface area contributed by atoms with Gasteiger partial charge in [-0.15, -0.1) is 5.16 Å². The minimum Gasteiger partial charge on any atom is -0.466 e. The molecule has 0 spiro atoms. The summed E-state index contributed by atoms with van der Waals surface area (Å²) in [6, 6.07) is 3.73. The van der Waals surface area contributed by atoms with Gasteiger partial charge in [0.1, 0.15) is 11.5 Å². The fourth-order valence-electron chi connectivity index (χ4n) is 0.726. The lowest BCUT2D eigenvalue weighted by Crippen LogP contribution is -1.80. The molecule has 1 aromatic heterocycles. The first kappa shape index (κ1) is 6.86. The first-order valence-corrected chi connectivity index (χ1v) is 3.04. The first-order chi connectivity index (χ1) is 4.83. The zero-order valence-corrected chi connectivity index (χ0v) is 5.74. The Morgan fingerprint density at radius 2 is 2.50 bits per heavy atom. The van der Waals surface area contributed by atoms with Gasteiger partial charge in [-0.2, -0.15) is 0 Å². The van der Waals surface area contributed by atoms with E-state index in [4.69, 9.17) is 9.62 Å². The monoisotopic (exact) mass is 139 g/mol. The molecule has 1 N–H and O–H groups in total. The molecule has 0 fully saturated rings. The van der Waals surface area contributed by atoms with Crippen LogP contribution in [0.3, 0.4) is 0 Å². The summed E-state index contributed by atoms with van der Waals surface area (Å²) in [6.45, 7) is 1.87. The van der Waals surface area contributed by atoms with Crippen molar-refractivity contribution >= 4 is 6.21 Å². The topological polar surface area (TPSA) is 45.7 Å². The smallest absolute Gasteiger partial charge is 0.109 e. The average Bonchev–Trinajstić information content (AvgIpc) is 2.31. The van der Waals surface area contributed by atoms with E-state index >= 15 is 0 Å². The molecule has 1 rings (SSSR count). The number of nitrogens with zero attached hydrogens (tertiary/aromatic N) is 1. The van der Waals surface area contributed by atoms with Crippen LogP contribution in [0.4, 0.5) is 0 Å². The predicted molar refractivity (Wildman–Crippen MR) is 37.4 cm³/mol. The molecule has 0 saturated carbocycles. The van der Waals surface area contributed by atoms with Crippen LogP contribution >= 0.6 is 0 Å². The average molecular weight is 139 g/mol. The quantitative estimate of drug-likeness (QED) is 0.384. The van der Waals surface area contributed by atoms with E-state index in [-0.39, 0.29) is 0 Å². The second kappa shape index (κ2) is 3.06. The Morgan fingerprint density at radius 3 is 3.00 bits per heavy atom. The molecule has 0 amide bonds. The summed E-state index contributed by atoms with van der Waals surface area (Å²) < 4.78 is 5.18. The number of oxime groups is 1. The van der Waals surface area contributed by atoms with Crippen LogP contribution in [0.1, 0.15) is 11.5 Å². The number of hydrogen-bond donors (Lipinski definition) is 1. The van der Waals surface area contributed by atoms with Crippen LogP contribution < -0.4 is 0 Å². The molecule has 1 heterocycles. The molecule has 0 aliphatic heterocycles. The Morgan fingerprint density at radius 1 is 1.70 bits per heavy atom. The van der Waals surface area contributed by atoms with E-state index in [9.17, 15) is 0 Å². The Labute approximate surface area is 59.0 Å². The van der Waals surface area contributed by atoms with Crippen molar-refractivity contribution in [2.24, 2.45) is 5.16 Å². The normalized spacial score (nSPS) is 10.9. The second-order valence-corrected chi connectivity index (χ2v) is 2.01. The first-order valence-electron chi connectivity index (χ1n) is 3.04. The van der Waals surface area contributed by atoms with Crippen molar-refractivity contribution in [3.05, 3.63) is 23.7 Å². The van der Waals surface area contributed by atoms with Crippen LogP contribution in [0.15, 0.2) is 21.7 Å². The molecule has 0 bridgehead atoms. The van der Waals surface area contributed by atoms with Crippen LogP contribution in [0.5, 0.6) is 0 Å². The van der Waals surface area contributed by atoms with Crippen molar-refractivity contribution in [2.75, 3.05) is 0 Å². The standard InChI is InChI=1S/C7H9NO2/c1-6-2-3-7(10-6)4-5-8-9/h2-3,5,9H,4H2,1H3. The summed E-state index contributed by atoms with van der Waals surface area (Å²) in [7, 11) is 0. The Bertz CT molecular complexity index is 227. The van der Waals surface area contributed by atoms with Crippen LogP contribution in [-0.2, 0) is 6.42 Å². The van der Waals surface area contributed by atoms with Crippen molar-refractivity contribution in [1.82, 2.24) is 0 Å². The molecule has 3 heteroatoms. The molecule has 0 saturated heterocycles. The van der Waals surface area contributed by atoms with E-state index in [0.29, 0.717) is 6.42 Å². The zero-order chi connectivity index (χ0) is 7.40. The zero-order valence-electron chi connectivity index (χ0n) is 5.74. The number of hydrogen-bond acceptors (Lipinski definition) is 3. The van der Waals surface area contributed by atoms with E-state index in [2.05, 4.69) is 5.16 Å². The molecule has 54 valence electrons. The lowest BCUT2D eigenvalue weighted by molar-refractivity contribution is 0.320. The molecule has 10 heavy (non-hydrogen) atoms. The molecule has 0 aromatic carbocycles. The fourth-order valence-corrected chi connectivity index (χ4v) is 0.726. The fraction of sp³-hybridized carbons (Fsp3) is 0.286. The van der Waals surface area contributed by atoms with Crippen molar-refractivity contribution in [3.8, 4) is 0 Å². The minimum atomic E-state index is 0.546. The van der Waals surface area contributed by atoms with Gasteiger partial charge < -0.3 is 9.62 Å². The Kier molecular flexibility index (Phi) is 2.10. The highest BCUT2D eigenvalue weighted by Crippen LogP contribution is 2.05. The van der Waals surface area contributed by atoms with Gasteiger partial charge >= 0.3 is 0 Å². The van der Waals surface area contributed by atoms with E-state index in [1.807, 2.05) is 19.1 Å². The maximum absolute atomic E-state index is 8.06. The Hall–Kier alpha value is -1.25. The lowest BCUT2D eigenvalue weighted by atomic mass is 10.3. The third-order valence-corrected chi connectivity index (χ3v) is 1.17. The minimum absolute atomic E-state index is 0.546. The molecular formula is C7H9NO2. The maximum atomic E-state index is 8.06. The largest absolute Gasteiger partial charge is 0.466 e. The van der Waals surface area contributed by atoms with Crippen molar-refractivity contribution in [3.63, 3.8) is 0 Å².